The van der Waals surface area contributed by atoms with Crippen LogP contribution in [0.5, 0.6) is 0 Å². The van der Waals surface area contributed by atoms with Gasteiger partial charge in [-0.05, 0) is 56.3 Å². The number of allylic oxidation sites excluding steroid dienone is 2. The van der Waals surface area contributed by atoms with Crippen molar-refractivity contribution < 1.29 is 4.79 Å². The topological polar surface area (TPSA) is 17.1 Å². The van der Waals surface area contributed by atoms with Gasteiger partial charge in [-0.3, -0.25) is 4.79 Å². The van der Waals surface area contributed by atoms with Gasteiger partial charge in [-0.2, -0.15) is 0 Å². The smallest absolute Gasteiger partial charge is 0.139 e. The molecule has 0 saturated carbocycles. The van der Waals surface area contributed by atoms with Gasteiger partial charge in [-0.25, -0.2) is 0 Å². The highest BCUT2D eigenvalue weighted by Gasteiger charge is 2.19. The van der Waals surface area contributed by atoms with Gasteiger partial charge in [0.2, 0.25) is 0 Å². The SMILES string of the molecule is CCCC(CC(C)CC(C)C)/C(C)=C/C(CC)C(=O)CC(C)C. The number of hydrogen-bond donors (Lipinski definition) is 0. The molecule has 0 aromatic heterocycles. The predicted octanol–water partition coefficient (Wildman–Crippen LogP) is 7.06. The van der Waals surface area contributed by atoms with Gasteiger partial charge in [-0.15, -0.1) is 0 Å². The molecule has 23 heavy (non-hydrogen) atoms. The Morgan fingerprint density at radius 1 is 0.957 bits per heavy atom. The van der Waals surface area contributed by atoms with Crippen LogP contribution < -0.4 is 0 Å². The summed E-state index contributed by atoms with van der Waals surface area (Å²) in [5.41, 5.74) is 1.45. The zero-order valence-corrected chi connectivity index (χ0v) is 17.1. The number of carbonyl (C=O) groups is 1. The van der Waals surface area contributed by atoms with Crippen molar-refractivity contribution in [1.82, 2.24) is 0 Å². The molecule has 136 valence electrons. The molecule has 0 aromatic carbocycles. The third-order valence-corrected chi connectivity index (χ3v) is 4.77. The molecule has 0 bridgehead atoms. The lowest BCUT2D eigenvalue weighted by Gasteiger charge is -2.24. The lowest BCUT2D eigenvalue weighted by molar-refractivity contribution is -0.122. The van der Waals surface area contributed by atoms with Crippen molar-refractivity contribution in [1.29, 1.82) is 0 Å². The Morgan fingerprint density at radius 2 is 1.57 bits per heavy atom. The van der Waals surface area contributed by atoms with Gasteiger partial charge < -0.3 is 0 Å². The first-order valence-electron chi connectivity index (χ1n) is 9.92. The summed E-state index contributed by atoms with van der Waals surface area (Å²) in [6.45, 7) is 17.9. The second kappa shape index (κ2) is 11.9. The highest BCUT2D eigenvalue weighted by Crippen LogP contribution is 2.29. The van der Waals surface area contributed by atoms with Gasteiger partial charge in [0.25, 0.3) is 0 Å². The van der Waals surface area contributed by atoms with E-state index in [-0.39, 0.29) is 5.92 Å². The van der Waals surface area contributed by atoms with Crippen molar-refractivity contribution in [2.24, 2.45) is 29.6 Å². The van der Waals surface area contributed by atoms with Crippen molar-refractivity contribution in [2.45, 2.75) is 93.9 Å². The van der Waals surface area contributed by atoms with Crippen LogP contribution in [-0.4, -0.2) is 5.78 Å². The zero-order chi connectivity index (χ0) is 18.0. The maximum absolute atomic E-state index is 12.4. The van der Waals surface area contributed by atoms with Crippen LogP contribution in [0.4, 0.5) is 0 Å². The molecule has 0 amide bonds. The summed E-state index contributed by atoms with van der Waals surface area (Å²) in [4.78, 5) is 12.4. The van der Waals surface area contributed by atoms with E-state index in [9.17, 15) is 4.79 Å². The largest absolute Gasteiger partial charge is 0.299 e. The lowest BCUT2D eigenvalue weighted by Crippen LogP contribution is -2.16. The van der Waals surface area contributed by atoms with Crippen LogP contribution >= 0.6 is 0 Å². The Kier molecular flexibility index (Phi) is 11.6. The van der Waals surface area contributed by atoms with Crippen LogP contribution in [0.25, 0.3) is 0 Å². The van der Waals surface area contributed by atoms with Crippen LogP contribution in [-0.2, 0) is 4.79 Å². The highest BCUT2D eigenvalue weighted by atomic mass is 16.1. The Bertz CT molecular complexity index is 351. The average molecular weight is 323 g/mol. The number of Topliss-reactive ketones (excluding diaryl/α,β-unsaturated/α-hetero) is 1. The molecule has 0 aliphatic heterocycles. The van der Waals surface area contributed by atoms with E-state index in [4.69, 9.17) is 0 Å². The van der Waals surface area contributed by atoms with Crippen LogP contribution in [0, 0.1) is 29.6 Å². The molecule has 1 nitrogen and oxygen atoms in total. The molecule has 0 aliphatic rings. The van der Waals surface area contributed by atoms with Gasteiger partial charge in [0.1, 0.15) is 5.78 Å². The summed E-state index contributed by atoms with van der Waals surface area (Å²) in [6.07, 6.45) is 8.99. The number of carbonyl (C=O) groups excluding carboxylic acids is 1. The third kappa shape index (κ3) is 9.99. The molecule has 0 aliphatic carbocycles. The molecular weight excluding hydrogens is 280 g/mol. The van der Waals surface area contributed by atoms with E-state index in [2.05, 4.69) is 61.5 Å². The summed E-state index contributed by atoms with van der Waals surface area (Å²) >= 11 is 0. The molecule has 0 spiro atoms. The van der Waals surface area contributed by atoms with E-state index in [1.165, 1.54) is 31.3 Å². The highest BCUT2D eigenvalue weighted by molar-refractivity contribution is 5.82. The molecule has 0 N–H and O–H groups in total. The first-order valence-corrected chi connectivity index (χ1v) is 9.92. The fourth-order valence-electron chi connectivity index (χ4n) is 3.71. The number of rotatable bonds is 12. The molecule has 3 atom stereocenters. The second-order valence-corrected chi connectivity index (χ2v) is 8.45. The number of hydrogen-bond acceptors (Lipinski definition) is 1. The molecule has 0 radical (unpaired) electrons. The second-order valence-electron chi connectivity index (χ2n) is 8.45. The van der Waals surface area contributed by atoms with Gasteiger partial charge in [-0.1, -0.05) is 66.5 Å². The van der Waals surface area contributed by atoms with Crippen molar-refractivity contribution in [3.05, 3.63) is 11.6 Å². The monoisotopic (exact) mass is 322 g/mol. The minimum atomic E-state index is 0.122. The molecule has 0 rings (SSSR count). The standard InChI is InChI=1S/C22H42O/c1-9-11-21(14-18(7)12-16(3)4)19(8)15-20(10-2)22(23)13-17(5)6/h15-18,20-21H,9-14H2,1-8H3/b19-15+. The van der Waals surface area contributed by atoms with Gasteiger partial charge in [0, 0.05) is 12.3 Å². The van der Waals surface area contributed by atoms with E-state index in [0.29, 0.717) is 24.0 Å². The van der Waals surface area contributed by atoms with Gasteiger partial charge in [0.05, 0.1) is 0 Å². The molecule has 0 heterocycles. The predicted molar refractivity (Wildman–Crippen MR) is 104 cm³/mol. The summed E-state index contributed by atoms with van der Waals surface area (Å²) in [5.74, 6) is 3.19. The fourth-order valence-corrected chi connectivity index (χ4v) is 3.71. The summed E-state index contributed by atoms with van der Waals surface area (Å²) in [7, 11) is 0. The Hall–Kier alpha value is -0.590. The zero-order valence-electron chi connectivity index (χ0n) is 17.1. The minimum Gasteiger partial charge on any atom is -0.299 e. The quantitative estimate of drug-likeness (QED) is 0.351. The lowest BCUT2D eigenvalue weighted by atomic mass is 9.81. The van der Waals surface area contributed by atoms with Crippen molar-refractivity contribution >= 4 is 5.78 Å². The van der Waals surface area contributed by atoms with Crippen molar-refractivity contribution in [3.8, 4) is 0 Å². The van der Waals surface area contributed by atoms with E-state index >= 15 is 0 Å². The van der Waals surface area contributed by atoms with Crippen LogP contribution in [0.1, 0.15) is 93.9 Å². The molecule has 3 unspecified atom stereocenters. The van der Waals surface area contributed by atoms with Crippen LogP contribution in [0.3, 0.4) is 0 Å². The molecule has 0 fully saturated rings. The normalized spacial score (nSPS) is 16.7. The Balaban J connectivity index is 4.95. The first kappa shape index (κ1) is 22.4. The van der Waals surface area contributed by atoms with Crippen LogP contribution in [0.2, 0.25) is 0 Å². The van der Waals surface area contributed by atoms with E-state index < -0.39 is 0 Å². The molecule has 0 saturated heterocycles. The van der Waals surface area contributed by atoms with Gasteiger partial charge >= 0.3 is 0 Å². The summed E-state index contributed by atoms with van der Waals surface area (Å²) in [5, 5.41) is 0. The Labute approximate surface area is 146 Å². The van der Waals surface area contributed by atoms with E-state index in [1.54, 1.807) is 0 Å². The van der Waals surface area contributed by atoms with Crippen molar-refractivity contribution in [3.63, 3.8) is 0 Å². The molecule has 1 heteroatoms. The first-order chi connectivity index (χ1) is 10.7. The number of ketones is 1. The van der Waals surface area contributed by atoms with E-state index in [1.807, 2.05) is 0 Å². The summed E-state index contributed by atoms with van der Waals surface area (Å²) < 4.78 is 0. The van der Waals surface area contributed by atoms with Crippen molar-refractivity contribution in [2.75, 3.05) is 0 Å². The molecule has 0 aromatic rings. The molecular formula is C22H42O. The summed E-state index contributed by atoms with van der Waals surface area (Å²) in [6, 6.07) is 0. The Morgan fingerprint density at radius 3 is 2.00 bits per heavy atom. The maximum Gasteiger partial charge on any atom is 0.139 e. The van der Waals surface area contributed by atoms with Crippen LogP contribution in [0.15, 0.2) is 11.6 Å². The maximum atomic E-state index is 12.4. The fraction of sp³-hybridized carbons (Fsp3) is 0.864. The van der Waals surface area contributed by atoms with E-state index in [0.717, 1.165) is 18.3 Å². The van der Waals surface area contributed by atoms with Gasteiger partial charge in [0.15, 0.2) is 0 Å². The third-order valence-electron chi connectivity index (χ3n) is 4.77. The minimum absolute atomic E-state index is 0.122. The average Bonchev–Trinajstić information content (AvgIpc) is 2.42.